The van der Waals surface area contributed by atoms with Crippen molar-refractivity contribution in [1.82, 2.24) is 9.97 Å². The molecule has 0 saturated heterocycles. The molecule has 1 aliphatic rings. The third-order valence-electron chi connectivity index (χ3n) is 3.95. The molecule has 0 radical (unpaired) electrons. The van der Waals surface area contributed by atoms with Gasteiger partial charge < -0.3 is 19.6 Å². The van der Waals surface area contributed by atoms with Crippen LogP contribution < -0.4 is 14.9 Å². The van der Waals surface area contributed by atoms with Crippen LogP contribution in [0.25, 0.3) is 11.0 Å². The van der Waals surface area contributed by atoms with E-state index in [1.165, 1.54) is 5.56 Å². The molecule has 3 N–H and O–H groups in total. The van der Waals surface area contributed by atoms with Crippen molar-refractivity contribution < 1.29 is 19.4 Å². The SMILES string of the molecule is C/C(CCc1ccc2c(c1)OCO2)=N\Nc1nc2ccccc2[nH]1.CC(=O)O. The number of aromatic amines is 1. The molecule has 8 heteroatoms. The van der Waals surface area contributed by atoms with Crippen molar-refractivity contribution in [2.45, 2.75) is 26.7 Å². The lowest BCUT2D eigenvalue weighted by molar-refractivity contribution is -0.134. The molecule has 8 nitrogen and oxygen atoms in total. The molecule has 4 rings (SSSR count). The van der Waals surface area contributed by atoms with Crippen LogP contribution in [0.4, 0.5) is 5.95 Å². The molecule has 1 aromatic heterocycles. The van der Waals surface area contributed by atoms with Crippen LogP contribution in [0.2, 0.25) is 0 Å². The summed E-state index contributed by atoms with van der Waals surface area (Å²) in [5, 5.41) is 11.8. The van der Waals surface area contributed by atoms with Crippen LogP contribution in [0.5, 0.6) is 11.5 Å². The number of nitrogens with zero attached hydrogens (tertiary/aromatic N) is 2. The van der Waals surface area contributed by atoms with Crippen molar-refractivity contribution in [1.29, 1.82) is 0 Å². The van der Waals surface area contributed by atoms with E-state index in [2.05, 4.69) is 26.6 Å². The van der Waals surface area contributed by atoms with E-state index in [4.69, 9.17) is 19.4 Å². The molecule has 0 spiro atoms. The Kier molecular flexibility index (Phi) is 6.11. The number of rotatable bonds is 5. The van der Waals surface area contributed by atoms with Gasteiger partial charge in [-0.2, -0.15) is 5.10 Å². The number of carbonyl (C=O) groups is 1. The highest BCUT2D eigenvalue weighted by molar-refractivity contribution is 5.83. The first-order valence-corrected chi connectivity index (χ1v) is 8.83. The number of hydrogen-bond acceptors (Lipinski definition) is 6. The number of carboxylic acids is 1. The molecule has 0 saturated carbocycles. The number of hydrogen-bond donors (Lipinski definition) is 3. The highest BCUT2D eigenvalue weighted by Gasteiger charge is 2.13. The standard InChI is InChI=1S/C18H18N4O2.C2H4O2/c1-12(6-7-13-8-9-16-17(10-13)24-11-23-16)21-22-18-19-14-4-2-3-5-15(14)20-18;1-2(3)4/h2-5,8-10H,6-7,11H2,1H3,(H2,19,20,22);1H3,(H,3,4)/b21-12+;. The molecule has 0 bridgehead atoms. The second-order valence-electron chi connectivity index (χ2n) is 6.27. The van der Waals surface area contributed by atoms with Crippen molar-refractivity contribution in [3.8, 4) is 11.5 Å². The maximum absolute atomic E-state index is 9.00. The number of imidazole rings is 1. The summed E-state index contributed by atoms with van der Waals surface area (Å²) in [6, 6.07) is 13.9. The summed E-state index contributed by atoms with van der Waals surface area (Å²) in [7, 11) is 0. The summed E-state index contributed by atoms with van der Waals surface area (Å²) in [5.41, 5.74) is 7.12. The van der Waals surface area contributed by atoms with Crippen molar-refractivity contribution >= 4 is 28.7 Å². The summed E-state index contributed by atoms with van der Waals surface area (Å²) in [6.45, 7) is 3.39. The fourth-order valence-electron chi connectivity index (χ4n) is 2.63. The number of benzene rings is 2. The molecule has 3 aromatic rings. The molecule has 0 fully saturated rings. The normalized spacial score (nSPS) is 12.4. The van der Waals surface area contributed by atoms with Crippen LogP contribution in [-0.2, 0) is 11.2 Å². The number of aryl methyl sites for hydroxylation is 1. The highest BCUT2D eigenvalue weighted by atomic mass is 16.7. The first-order chi connectivity index (χ1) is 13.5. The van der Waals surface area contributed by atoms with Crippen molar-refractivity contribution in [3.05, 3.63) is 48.0 Å². The lowest BCUT2D eigenvalue weighted by Crippen LogP contribution is -2.00. The van der Waals surface area contributed by atoms with E-state index in [0.29, 0.717) is 12.7 Å². The molecule has 146 valence electrons. The van der Waals surface area contributed by atoms with Crippen LogP contribution in [0.1, 0.15) is 25.8 Å². The van der Waals surface area contributed by atoms with Gasteiger partial charge in [-0.05, 0) is 49.6 Å². The van der Waals surface area contributed by atoms with E-state index >= 15 is 0 Å². The van der Waals surface area contributed by atoms with E-state index in [0.717, 1.165) is 48.0 Å². The molecular formula is C20H22N4O4. The Bertz CT molecular complexity index is 960. The van der Waals surface area contributed by atoms with Gasteiger partial charge in [-0.1, -0.05) is 18.2 Å². The number of para-hydroxylation sites is 2. The molecule has 2 aromatic carbocycles. The average Bonchev–Trinajstić information content (AvgIpc) is 3.29. The van der Waals surface area contributed by atoms with Gasteiger partial charge in [0, 0.05) is 12.6 Å². The average molecular weight is 382 g/mol. The van der Waals surface area contributed by atoms with Gasteiger partial charge in [0.25, 0.3) is 5.97 Å². The molecule has 1 aliphatic heterocycles. The predicted octanol–water partition coefficient (Wildman–Crippen LogP) is 3.80. The number of nitrogens with one attached hydrogen (secondary N) is 2. The van der Waals surface area contributed by atoms with Crippen molar-refractivity contribution in [2.75, 3.05) is 12.2 Å². The fourth-order valence-corrected chi connectivity index (χ4v) is 2.63. The van der Waals surface area contributed by atoms with E-state index in [1.54, 1.807) is 0 Å². The molecule has 28 heavy (non-hydrogen) atoms. The van der Waals surface area contributed by atoms with Crippen molar-refractivity contribution in [3.63, 3.8) is 0 Å². The fraction of sp³-hybridized carbons (Fsp3) is 0.250. The third kappa shape index (κ3) is 5.23. The second kappa shape index (κ2) is 8.90. The molecule has 0 amide bonds. The number of H-pyrrole nitrogens is 1. The van der Waals surface area contributed by atoms with Gasteiger partial charge in [0.15, 0.2) is 11.5 Å². The number of ether oxygens (including phenoxy) is 2. The van der Waals surface area contributed by atoms with Gasteiger partial charge in [0.1, 0.15) is 0 Å². The molecule has 0 atom stereocenters. The van der Waals surface area contributed by atoms with Gasteiger partial charge in [-0.25, -0.2) is 10.4 Å². The van der Waals surface area contributed by atoms with Gasteiger partial charge >= 0.3 is 0 Å². The minimum atomic E-state index is -0.833. The summed E-state index contributed by atoms with van der Waals surface area (Å²) < 4.78 is 10.7. The third-order valence-corrected chi connectivity index (χ3v) is 3.95. The quantitative estimate of drug-likeness (QED) is 0.457. The molecular weight excluding hydrogens is 360 g/mol. The Hall–Kier alpha value is -3.55. The Morgan fingerprint density at radius 1 is 1.21 bits per heavy atom. The van der Waals surface area contributed by atoms with Gasteiger partial charge in [0.2, 0.25) is 12.7 Å². The maximum atomic E-state index is 9.00. The number of anilines is 1. The van der Waals surface area contributed by atoms with Gasteiger partial charge in [0.05, 0.1) is 11.0 Å². The first kappa shape index (κ1) is 19.2. The van der Waals surface area contributed by atoms with Crippen molar-refractivity contribution in [2.24, 2.45) is 5.10 Å². The molecule has 2 heterocycles. The number of aromatic nitrogens is 2. The number of aliphatic carboxylic acids is 1. The van der Waals surface area contributed by atoms with E-state index in [9.17, 15) is 0 Å². The lowest BCUT2D eigenvalue weighted by atomic mass is 10.1. The summed E-state index contributed by atoms with van der Waals surface area (Å²) in [6.07, 6.45) is 1.75. The van der Waals surface area contributed by atoms with Crippen LogP contribution in [-0.4, -0.2) is 33.5 Å². The topological polar surface area (TPSA) is 109 Å². The van der Waals surface area contributed by atoms with Crippen LogP contribution in [0.15, 0.2) is 47.6 Å². The van der Waals surface area contributed by atoms with E-state index in [-0.39, 0.29) is 0 Å². The first-order valence-electron chi connectivity index (χ1n) is 8.83. The summed E-state index contributed by atoms with van der Waals surface area (Å²) in [5.74, 6) is 1.46. The molecule has 0 unspecified atom stereocenters. The zero-order valence-corrected chi connectivity index (χ0v) is 15.7. The zero-order chi connectivity index (χ0) is 19.9. The second-order valence-corrected chi connectivity index (χ2v) is 6.27. The van der Waals surface area contributed by atoms with Crippen LogP contribution in [0, 0.1) is 0 Å². The Morgan fingerprint density at radius 2 is 1.96 bits per heavy atom. The Labute approximate surface area is 162 Å². The lowest BCUT2D eigenvalue weighted by Gasteiger charge is -2.03. The number of carboxylic acid groups (broad SMARTS) is 1. The van der Waals surface area contributed by atoms with Crippen LogP contribution >= 0.6 is 0 Å². The smallest absolute Gasteiger partial charge is 0.300 e. The minimum absolute atomic E-state index is 0.306. The monoisotopic (exact) mass is 382 g/mol. The van der Waals surface area contributed by atoms with Crippen LogP contribution in [0.3, 0.4) is 0 Å². The Morgan fingerprint density at radius 3 is 2.75 bits per heavy atom. The van der Waals surface area contributed by atoms with E-state index in [1.807, 2.05) is 43.3 Å². The maximum Gasteiger partial charge on any atom is 0.300 e. The summed E-state index contributed by atoms with van der Waals surface area (Å²) in [4.78, 5) is 16.6. The molecule has 0 aliphatic carbocycles. The predicted molar refractivity (Wildman–Crippen MR) is 107 cm³/mol. The zero-order valence-electron chi connectivity index (χ0n) is 15.7. The number of hydrazone groups is 1. The van der Waals surface area contributed by atoms with E-state index < -0.39 is 5.97 Å². The minimum Gasteiger partial charge on any atom is -0.481 e. The van der Waals surface area contributed by atoms with Gasteiger partial charge in [-0.15, -0.1) is 0 Å². The number of fused-ring (bicyclic) bond motifs is 2. The summed E-state index contributed by atoms with van der Waals surface area (Å²) >= 11 is 0. The Balaban J connectivity index is 0.000000516. The largest absolute Gasteiger partial charge is 0.481 e. The highest BCUT2D eigenvalue weighted by Crippen LogP contribution is 2.32. The van der Waals surface area contributed by atoms with Gasteiger partial charge in [-0.3, -0.25) is 4.79 Å².